The van der Waals surface area contributed by atoms with E-state index >= 15 is 0 Å². The summed E-state index contributed by atoms with van der Waals surface area (Å²) in [6.07, 6.45) is 6.07. The highest BCUT2D eigenvalue weighted by Crippen LogP contribution is 2.21. The number of carbonyl (C=O) groups excluding carboxylic acids is 2. The minimum Gasteiger partial charge on any atom is -0.390 e. The number of aliphatic hydroxyl groups is 1. The maximum absolute atomic E-state index is 12.7. The van der Waals surface area contributed by atoms with Crippen LogP contribution in [0.2, 0.25) is 0 Å². The number of carbonyl (C=O) groups is 2. The first-order valence-electron chi connectivity index (χ1n) is 11.9. The summed E-state index contributed by atoms with van der Waals surface area (Å²) in [6, 6.07) is 8.46. The van der Waals surface area contributed by atoms with E-state index in [0.717, 1.165) is 58.2 Å². The number of β-amino-alcohol motifs (C(OH)–C–C–N with tert-alkyl or cyclic N) is 1. The van der Waals surface area contributed by atoms with E-state index in [-0.39, 0.29) is 24.5 Å². The van der Waals surface area contributed by atoms with Gasteiger partial charge in [0.25, 0.3) is 0 Å². The highest BCUT2D eigenvalue weighted by Gasteiger charge is 2.31. The Morgan fingerprint density at radius 1 is 1.06 bits per heavy atom. The fraction of sp³-hybridized carbons (Fsp3) is 0.667. The topological polar surface area (TPSA) is 76.1 Å². The van der Waals surface area contributed by atoms with Gasteiger partial charge in [-0.1, -0.05) is 30.7 Å². The van der Waals surface area contributed by atoms with Crippen LogP contribution in [0.5, 0.6) is 0 Å². The molecule has 0 radical (unpaired) electrons. The summed E-state index contributed by atoms with van der Waals surface area (Å²) in [5, 5.41) is 13.4. The number of piperidine rings is 1. The Kier molecular flexibility index (Phi) is 7.45. The minimum atomic E-state index is -0.595. The summed E-state index contributed by atoms with van der Waals surface area (Å²) in [6.45, 7) is 4.70. The van der Waals surface area contributed by atoms with E-state index in [9.17, 15) is 14.7 Å². The van der Waals surface area contributed by atoms with Crippen molar-refractivity contribution in [2.45, 2.75) is 63.6 Å². The summed E-state index contributed by atoms with van der Waals surface area (Å²) in [5.74, 6) is 0.239. The number of nitrogens with one attached hydrogen (secondary N) is 1. The van der Waals surface area contributed by atoms with Gasteiger partial charge in [-0.15, -0.1) is 0 Å². The van der Waals surface area contributed by atoms with Crippen LogP contribution in [0.15, 0.2) is 24.3 Å². The van der Waals surface area contributed by atoms with Crippen LogP contribution < -0.4 is 5.32 Å². The first-order chi connectivity index (χ1) is 15.1. The van der Waals surface area contributed by atoms with Gasteiger partial charge >= 0.3 is 6.03 Å². The number of hydrogen-bond acceptors (Lipinski definition) is 4. The fourth-order valence-electron chi connectivity index (χ4n) is 5.17. The molecule has 0 aromatic heterocycles. The number of aliphatic hydroxyl groups excluding tert-OH is 1. The minimum absolute atomic E-state index is 0.128. The summed E-state index contributed by atoms with van der Waals surface area (Å²) in [7, 11) is 0. The Hall–Kier alpha value is -2.12. The molecule has 1 aromatic rings. The highest BCUT2D eigenvalue weighted by molar-refractivity contribution is 5.77. The zero-order chi connectivity index (χ0) is 21.6. The lowest BCUT2D eigenvalue weighted by atomic mass is 10.00. The van der Waals surface area contributed by atoms with Gasteiger partial charge in [0, 0.05) is 58.3 Å². The molecule has 31 heavy (non-hydrogen) atoms. The molecule has 1 aromatic carbocycles. The molecule has 4 rings (SSSR count). The van der Waals surface area contributed by atoms with E-state index in [1.165, 1.54) is 11.1 Å². The van der Waals surface area contributed by atoms with E-state index in [1.807, 2.05) is 9.80 Å². The lowest BCUT2D eigenvalue weighted by Gasteiger charge is -2.39. The molecule has 0 bridgehead atoms. The lowest BCUT2D eigenvalue weighted by molar-refractivity contribution is -0.133. The molecule has 2 fully saturated rings. The second kappa shape index (κ2) is 10.5. The monoisotopic (exact) mass is 428 g/mol. The summed E-state index contributed by atoms with van der Waals surface area (Å²) < 4.78 is 0. The molecule has 3 amide bonds. The number of fused-ring (bicyclic) bond motifs is 1. The number of amides is 3. The molecule has 170 valence electrons. The quantitative estimate of drug-likeness (QED) is 0.752. The SMILES string of the molecule is O=C(NC[C@H](O)CN1CCc2ccccc2C1)N1CCC[C@@H](N2CCCCCC2=O)C1. The number of likely N-dealkylation sites (tertiary alicyclic amines) is 2. The zero-order valence-electron chi connectivity index (χ0n) is 18.5. The number of rotatable bonds is 5. The molecule has 0 aliphatic carbocycles. The van der Waals surface area contributed by atoms with Gasteiger partial charge in [-0.05, 0) is 43.2 Å². The molecular formula is C24H36N4O3. The Balaban J connectivity index is 1.22. The molecule has 7 heteroatoms. The van der Waals surface area contributed by atoms with Crippen LogP contribution in [0.3, 0.4) is 0 Å². The van der Waals surface area contributed by atoms with Gasteiger partial charge in [0.05, 0.1) is 6.10 Å². The van der Waals surface area contributed by atoms with Crippen LogP contribution in [0.25, 0.3) is 0 Å². The molecule has 3 heterocycles. The summed E-state index contributed by atoms with van der Waals surface area (Å²) in [5.41, 5.74) is 2.72. The standard InChI is InChI=1S/C24H36N4O3/c29-22(18-26-14-11-19-7-3-4-8-20(19)16-26)15-25-24(31)27-12-6-9-21(17-27)28-13-5-1-2-10-23(28)30/h3-4,7-8,21-22,29H,1-2,5-6,9-18H2,(H,25,31)/t21-,22+/m1/s1. The van der Waals surface area contributed by atoms with Crippen molar-refractivity contribution in [2.75, 3.05) is 39.3 Å². The van der Waals surface area contributed by atoms with Crippen LogP contribution in [-0.4, -0.2) is 83.2 Å². The Bertz CT molecular complexity index is 771. The molecule has 0 saturated carbocycles. The number of urea groups is 1. The van der Waals surface area contributed by atoms with Crippen molar-refractivity contribution in [3.8, 4) is 0 Å². The molecule has 2 saturated heterocycles. The van der Waals surface area contributed by atoms with Gasteiger partial charge in [0.2, 0.25) is 5.91 Å². The Labute approximate surface area is 185 Å². The zero-order valence-corrected chi connectivity index (χ0v) is 18.5. The summed E-state index contributed by atoms with van der Waals surface area (Å²) >= 11 is 0. The van der Waals surface area contributed by atoms with Crippen molar-refractivity contribution >= 4 is 11.9 Å². The van der Waals surface area contributed by atoms with Gasteiger partial charge < -0.3 is 20.2 Å². The Morgan fingerprint density at radius 2 is 1.90 bits per heavy atom. The average molecular weight is 429 g/mol. The van der Waals surface area contributed by atoms with Crippen molar-refractivity contribution in [3.05, 3.63) is 35.4 Å². The van der Waals surface area contributed by atoms with E-state index in [4.69, 9.17) is 0 Å². The van der Waals surface area contributed by atoms with Gasteiger partial charge in [0.15, 0.2) is 0 Å². The fourth-order valence-corrected chi connectivity index (χ4v) is 5.17. The third-order valence-electron chi connectivity index (χ3n) is 6.90. The average Bonchev–Trinajstić information content (AvgIpc) is 3.01. The normalized spacial score (nSPS) is 23.8. The predicted molar refractivity (Wildman–Crippen MR) is 120 cm³/mol. The van der Waals surface area contributed by atoms with E-state index in [0.29, 0.717) is 26.1 Å². The van der Waals surface area contributed by atoms with Crippen LogP contribution in [-0.2, 0) is 17.8 Å². The largest absolute Gasteiger partial charge is 0.390 e. The first-order valence-corrected chi connectivity index (χ1v) is 11.9. The maximum Gasteiger partial charge on any atom is 0.317 e. The van der Waals surface area contributed by atoms with Crippen molar-refractivity contribution in [1.82, 2.24) is 20.0 Å². The highest BCUT2D eigenvalue weighted by atomic mass is 16.3. The lowest BCUT2D eigenvalue weighted by Crippen LogP contribution is -2.54. The van der Waals surface area contributed by atoms with Crippen molar-refractivity contribution in [3.63, 3.8) is 0 Å². The van der Waals surface area contributed by atoms with Crippen LogP contribution in [0.4, 0.5) is 4.79 Å². The van der Waals surface area contributed by atoms with Crippen molar-refractivity contribution in [1.29, 1.82) is 0 Å². The molecule has 0 unspecified atom stereocenters. The third-order valence-corrected chi connectivity index (χ3v) is 6.90. The number of hydrogen-bond donors (Lipinski definition) is 2. The molecule has 3 aliphatic rings. The predicted octanol–water partition coefficient (Wildman–Crippen LogP) is 1.98. The molecule has 2 N–H and O–H groups in total. The van der Waals surface area contributed by atoms with Crippen LogP contribution >= 0.6 is 0 Å². The molecule has 2 atom stereocenters. The van der Waals surface area contributed by atoms with E-state index in [2.05, 4.69) is 34.5 Å². The first kappa shape index (κ1) is 22.1. The summed E-state index contributed by atoms with van der Waals surface area (Å²) in [4.78, 5) is 31.2. The number of benzene rings is 1. The Morgan fingerprint density at radius 3 is 2.77 bits per heavy atom. The van der Waals surface area contributed by atoms with Gasteiger partial charge in [0.1, 0.15) is 0 Å². The maximum atomic E-state index is 12.7. The second-order valence-corrected chi connectivity index (χ2v) is 9.23. The second-order valence-electron chi connectivity index (χ2n) is 9.23. The third kappa shape index (κ3) is 5.77. The van der Waals surface area contributed by atoms with Crippen molar-refractivity contribution < 1.29 is 14.7 Å². The molecule has 3 aliphatic heterocycles. The van der Waals surface area contributed by atoms with Gasteiger partial charge in [-0.2, -0.15) is 0 Å². The molecule has 0 spiro atoms. The van der Waals surface area contributed by atoms with Gasteiger partial charge in [-0.25, -0.2) is 4.79 Å². The van der Waals surface area contributed by atoms with Gasteiger partial charge in [-0.3, -0.25) is 9.69 Å². The number of nitrogens with zero attached hydrogens (tertiary/aromatic N) is 3. The van der Waals surface area contributed by atoms with Crippen LogP contribution in [0, 0.1) is 0 Å². The van der Waals surface area contributed by atoms with E-state index < -0.39 is 6.10 Å². The van der Waals surface area contributed by atoms with E-state index in [1.54, 1.807) is 0 Å². The molecule has 7 nitrogen and oxygen atoms in total. The van der Waals surface area contributed by atoms with Crippen LogP contribution in [0.1, 0.15) is 49.7 Å². The molecular weight excluding hydrogens is 392 g/mol. The van der Waals surface area contributed by atoms with Crippen molar-refractivity contribution in [2.24, 2.45) is 0 Å². The smallest absolute Gasteiger partial charge is 0.317 e.